The van der Waals surface area contributed by atoms with Gasteiger partial charge in [0.2, 0.25) is 0 Å². The molecule has 1 aromatic heterocycles. The van der Waals surface area contributed by atoms with E-state index in [-0.39, 0.29) is 0 Å². The van der Waals surface area contributed by atoms with E-state index in [1.54, 1.807) is 18.1 Å². The van der Waals surface area contributed by atoms with Crippen LogP contribution in [0.3, 0.4) is 0 Å². The van der Waals surface area contributed by atoms with Crippen LogP contribution in [-0.4, -0.2) is 15.8 Å². The molecule has 0 spiro atoms. The fraction of sp³-hybridized carbons (Fsp3) is 0.308. The van der Waals surface area contributed by atoms with Gasteiger partial charge in [0, 0.05) is 29.4 Å². The van der Waals surface area contributed by atoms with Gasteiger partial charge in [-0.2, -0.15) is 0 Å². The van der Waals surface area contributed by atoms with Gasteiger partial charge in [-0.3, -0.25) is 0 Å². The van der Waals surface area contributed by atoms with Crippen molar-refractivity contribution in [3.63, 3.8) is 0 Å². The summed E-state index contributed by atoms with van der Waals surface area (Å²) < 4.78 is 1.93. The molecule has 0 saturated heterocycles. The predicted molar refractivity (Wildman–Crippen MR) is 76.2 cm³/mol. The van der Waals surface area contributed by atoms with Gasteiger partial charge in [0.05, 0.1) is 12.0 Å². The number of nitrogens with two attached hydrogens (primary N) is 1. The summed E-state index contributed by atoms with van der Waals surface area (Å²) in [5, 5.41) is 0. The second-order valence-electron chi connectivity index (χ2n) is 3.38. The van der Waals surface area contributed by atoms with Gasteiger partial charge >= 0.3 is 0 Å². The third kappa shape index (κ3) is 3.27. The summed E-state index contributed by atoms with van der Waals surface area (Å²) in [4.78, 5) is 5.40. The highest BCUT2D eigenvalue weighted by atomic mass is 32.2. The molecule has 1 aromatic carbocycles. The SMILES string of the molecule is CC.CSc1cc(-c2cn(C)cn2)ccc1N. The number of imidazole rings is 1. The molecule has 3 nitrogen and oxygen atoms in total. The minimum absolute atomic E-state index is 0.821. The van der Waals surface area contributed by atoms with Gasteiger partial charge in [-0.1, -0.05) is 19.9 Å². The van der Waals surface area contributed by atoms with E-state index in [0.717, 1.165) is 21.8 Å². The number of rotatable bonds is 2. The standard InChI is InChI=1S/C11H13N3S.C2H6/c1-14-6-10(13-7-14)8-3-4-9(12)11(5-8)15-2;1-2/h3-7H,12H2,1-2H3;1-2H3. The van der Waals surface area contributed by atoms with Crippen molar-refractivity contribution in [2.45, 2.75) is 18.7 Å². The number of nitrogen functional groups attached to an aromatic ring is 1. The molecule has 2 aromatic rings. The van der Waals surface area contributed by atoms with Crippen LogP contribution in [0.5, 0.6) is 0 Å². The third-order valence-corrected chi connectivity index (χ3v) is 3.03. The number of hydrogen-bond donors (Lipinski definition) is 1. The molecule has 92 valence electrons. The van der Waals surface area contributed by atoms with Crippen molar-refractivity contribution in [1.82, 2.24) is 9.55 Å². The topological polar surface area (TPSA) is 43.8 Å². The average Bonchev–Trinajstić information content (AvgIpc) is 2.79. The Hall–Kier alpha value is -1.42. The second kappa shape index (κ2) is 6.35. The Morgan fingerprint density at radius 1 is 1.29 bits per heavy atom. The largest absolute Gasteiger partial charge is 0.398 e. The first-order chi connectivity index (χ1) is 8.20. The van der Waals surface area contributed by atoms with Gasteiger partial charge in [-0.15, -0.1) is 11.8 Å². The van der Waals surface area contributed by atoms with Crippen molar-refractivity contribution in [3.05, 3.63) is 30.7 Å². The summed E-state index contributed by atoms with van der Waals surface area (Å²) in [5.74, 6) is 0. The summed E-state index contributed by atoms with van der Waals surface area (Å²) in [7, 11) is 1.96. The van der Waals surface area contributed by atoms with Crippen LogP contribution < -0.4 is 5.73 Å². The molecule has 0 aliphatic carbocycles. The lowest BCUT2D eigenvalue weighted by molar-refractivity contribution is 0.913. The van der Waals surface area contributed by atoms with Gasteiger partial charge in [0.15, 0.2) is 0 Å². The molecule has 0 aliphatic heterocycles. The van der Waals surface area contributed by atoms with E-state index in [1.807, 2.05) is 50.0 Å². The molecule has 0 aliphatic rings. The first kappa shape index (κ1) is 13.6. The summed E-state index contributed by atoms with van der Waals surface area (Å²) >= 11 is 1.65. The fourth-order valence-corrected chi connectivity index (χ4v) is 1.98. The molecular weight excluding hydrogens is 230 g/mol. The molecule has 0 atom stereocenters. The highest BCUT2D eigenvalue weighted by Gasteiger charge is 2.04. The molecule has 0 amide bonds. The van der Waals surface area contributed by atoms with E-state index in [2.05, 4.69) is 11.1 Å². The molecule has 0 saturated carbocycles. The molecule has 4 heteroatoms. The zero-order valence-corrected chi connectivity index (χ0v) is 11.6. The number of benzene rings is 1. The van der Waals surface area contributed by atoms with Gasteiger partial charge in [-0.05, 0) is 18.4 Å². The van der Waals surface area contributed by atoms with Crippen molar-refractivity contribution in [3.8, 4) is 11.3 Å². The molecule has 0 bridgehead atoms. The Morgan fingerprint density at radius 3 is 2.53 bits per heavy atom. The van der Waals surface area contributed by atoms with E-state index in [1.165, 1.54) is 0 Å². The van der Waals surface area contributed by atoms with E-state index >= 15 is 0 Å². The number of aromatic nitrogens is 2. The smallest absolute Gasteiger partial charge is 0.0951 e. The summed E-state index contributed by atoms with van der Waals surface area (Å²) in [6, 6.07) is 6.00. The highest BCUT2D eigenvalue weighted by molar-refractivity contribution is 7.98. The highest BCUT2D eigenvalue weighted by Crippen LogP contribution is 2.28. The van der Waals surface area contributed by atoms with Crippen molar-refractivity contribution in [2.75, 3.05) is 12.0 Å². The Balaban J connectivity index is 0.000000686. The third-order valence-electron chi connectivity index (χ3n) is 2.23. The number of aryl methyl sites for hydroxylation is 1. The van der Waals surface area contributed by atoms with E-state index in [4.69, 9.17) is 5.73 Å². The first-order valence-electron chi connectivity index (χ1n) is 5.62. The maximum atomic E-state index is 5.84. The molecule has 17 heavy (non-hydrogen) atoms. The maximum absolute atomic E-state index is 5.84. The normalized spacial score (nSPS) is 9.65. The van der Waals surface area contributed by atoms with Crippen LogP contribution in [0.1, 0.15) is 13.8 Å². The van der Waals surface area contributed by atoms with Crippen LogP contribution in [0.2, 0.25) is 0 Å². The molecule has 2 rings (SSSR count). The summed E-state index contributed by atoms with van der Waals surface area (Å²) in [6.45, 7) is 4.00. The second-order valence-corrected chi connectivity index (χ2v) is 4.23. The Labute approximate surface area is 107 Å². The van der Waals surface area contributed by atoms with Gasteiger partial charge in [-0.25, -0.2) is 4.98 Å². The van der Waals surface area contributed by atoms with E-state index < -0.39 is 0 Å². The van der Waals surface area contributed by atoms with E-state index in [9.17, 15) is 0 Å². The molecule has 1 heterocycles. The average molecular weight is 249 g/mol. The van der Waals surface area contributed by atoms with Crippen molar-refractivity contribution < 1.29 is 0 Å². The lowest BCUT2D eigenvalue weighted by Gasteiger charge is -2.04. The molecule has 0 unspecified atom stereocenters. The van der Waals surface area contributed by atoms with Gasteiger partial charge in [0.1, 0.15) is 0 Å². The van der Waals surface area contributed by atoms with Gasteiger partial charge < -0.3 is 10.3 Å². The van der Waals surface area contributed by atoms with E-state index in [0.29, 0.717) is 0 Å². The Kier molecular flexibility index (Phi) is 5.10. The lowest BCUT2D eigenvalue weighted by atomic mass is 10.1. The molecule has 0 fully saturated rings. The molecular formula is C13H19N3S. The number of nitrogens with zero attached hydrogens (tertiary/aromatic N) is 2. The quantitative estimate of drug-likeness (QED) is 0.655. The number of hydrogen-bond acceptors (Lipinski definition) is 3. The van der Waals surface area contributed by atoms with Gasteiger partial charge in [0.25, 0.3) is 0 Å². The minimum Gasteiger partial charge on any atom is -0.398 e. The zero-order valence-electron chi connectivity index (χ0n) is 10.8. The predicted octanol–water partition coefficient (Wildman–Crippen LogP) is 3.42. The zero-order chi connectivity index (χ0) is 12.8. The molecule has 2 N–H and O–H groups in total. The van der Waals surface area contributed by atoms with Crippen LogP contribution in [-0.2, 0) is 7.05 Å². The van der Waals surface area contributed by atoms with Crippen LogP contribution in [0.25, 0.3) is 11.3 Å². The van der Waals surface area contributed by atoms with Crippen LogP contribution in [0, 0.1) is 0 Å². The lowest BCUT2D eigenvalue weighted by Crippen LogP contribution is -1.88. The Morgan fingerprint density at radius 2 is 2.00 bits per heavy atom. The fourth-order valence-electron chi connectivity index (χ4n) is 1.43. The minimum atomic E-state index is 0.821. The number of thioether (sulfide) groups is 1. The maximum Gasteiger partial charge on any atom is 0.0951 e. The van der Waals surface area contributed by atoms with Crippen LogP contribution in [0.4, 0.5) is 5.69 Å². The van der Waals surface area contributed by atoms with Crippen molar-refractivity contribution in [2.24, 2.45) is 7.05 Å². The first-order valence-corrected chi connectivity index (χ1v) is 6.85. The molecule has 0 radical (unpaired) electrons. The van der Waals surface area contributed by atoms with Crippen LogP contribution in [0.15, 0.2) is 35.6 Å². The van der Waals surface area contributed by atoms with Crippen molar-refractivity contribution >= 4 is 17.4 Å². The summed E-state index contributed by atoms with van der Waals surface area (Å²) in [5.41, 5.74) is 8.74. The van der Waals surface area contributed by atoms with Crippen LogP contribution >= 0.6 is 11.8 Å². The Bertz CT molecular complexity index is 477. The number of anilines is 1. The monoisotopic (exact) mass is 249 g/mol. The van der Waals surface area contributed by atoms with Crippen molar-refractivity contribution in [1.29, 1.82) is 0 Å². The summed E-state index contributed by atoms with van der Waals surface area (Å²) in [6.07, 6.45) is 5.81.